The average Bonchev–Trinajstić information content (AvgIpc) is 3.32. The number of rotatable bonds is 5. The number of aromatic nitrogens is 3. The normalized spacial score (nSPS) is 14.3. The molecule has 6 heteroatoms. The zero-order valence-corrected chi connectivity index (χ0v) is 15.7. The maximum atomic E-state index is 12.2. The van der Waals surface area contributed by atoms with Gasteiger partial charge in [0, 0.05) is 26.6 Å². The molecule has 0 atom stereocenters. The number of hydrogen-bond acceptors (Lipinski definition) is 4. The van der Waals surface area contributed by atoms with Gasteiger partial charge in [-0.15, -0.1) is 10.2 Å². The Morgan fingerprint density at radius 2 is 1.85 bits per heavy atom. The highest BCUT2D eigenvalue weighted by atomic mass is 32.2. The lowest BCUT2D eigenvalue weighted by molar-refractivity contribution is -0.127. The van der Waals surface area contributed by atoms with Gasteiger partial charge >= 0.3 is 0 Å². The zero-order chi connectivity index (χ0) is 17.9. The molecule has 0 unspecified atom stereocenters. The monoisotopic (exact) mass is 366 g/mol. The third-order valence-electron chi connectivity index (χ3n) is 4.94. The van der Waals surface area contributed by atoms with E-state index in [-0.39, 0.29) is 5.91 Å². The van der Waals surface area contributed by atoms with Gasteiger partial charge in [0.05, 0.1) is 5.75 Å². The number of benzene rings is 2. The molecule has 2 aromatic carbocycles. The van der Waals surface area contributed by atoms with E-state index in [0.29, 0.717) is 5.75 Å². The molecule has 1 aliphatic heterocycles. The largest absolute Gasteiger partial charge is 0.342 e. The summed E-state index contributed by atoms with van der Waals surface area (Å²) in [5.74, 6) is 1.55. The van der Waals surface area contributed by atoms with E-state index in [1.54, 1.807) is 0 Å². The van der Waals surface area contributed by atoms with Crippen molar-refractivity contribution in [2.75, 3.05) is 18.8 Å². The third-order valence-corrected chi connectivity index (χ3v) is 5.94. The van der Waals surface area contributed by atoms with E-state index >= 15 is 0 Å². The summed E-state index contributed by atoms with van der Waals surface area (Å²) >= 11 is 1.48. The van der Waals surface area contributed by atoms with E-state index in [1.807, 2.05) is 16.5 Å². The van der Waals surface area contributed by atoms with Crippen molar-refractivity contribution in [1.29, 1.82) is 0 Å². The molecule has 0 bridgehead atoms. The Bertz CT molecular complexity index is 925. The maximum absolute atomic E-state index is 12.2. The van der Waals surface area contributed by atoms with Gasteiger partial charge < -0.3 is 9.47 Å². The van der Waals surface area contributed by atoms with Crippen molar-refractivity contribution in [2.45, 2.75) is 24.4 Å². The lowest BCUT2D eigenvalue weighted by Crippen LogP contribution is -2.29. The molecule has 1 aromatic heterocycles. The molecule has 4 rings (SSSR count). The van der Waals surface area contributed by atoms with Crippen molar-refractivity contribution in [3.05, 3.63) is 53.9 Å². The summed E-state index contributed by atoms with van der Waals surface area (Å²) < 4.78 is 2.00. The number of carbonyl (C=O) groups excluding carboxylic acids is 1. The first kappa shape index (κ1) is 17.1. The van der Waals surface area contributed by atoms with Crippen LogP contribution in [0.4, 0.5) is 0 Å². The van der Waals surface area contributed by atoms with E-state index in [9.17, 15) is 4.79 Å². The number of hydrogen-bond donors (Lipinski definition) is 0. The fraction of sp³-hybridized carbons (Fsp3) is 0.350. The topological polar surface area (TPSA) is 51.0 Å². The highest BCUT2D eigenvalue weighted by molar-refractivity contribution is 7.99. The molecule has 0 aliphatic carbocycles. The van der Waals surface area contributed by atoms with Crippen LogP contribution in [-0.4, -0.2) is 44.4 Å². The Morgan fingerprint density at radius 3 is 2.69 bits per heavy atom. The van der Waals surface area contributed by atoms with Crippen molar-refractivity contribution in [3.63, 3.8) is 0 Å². The number of carbonyl (C=O) groups is 1. The van der Waals surface area contributed by atoms with Crippen molar-refractivity contribution in [3.8, 4) is 0 Å². The first-order valence-electron chi connectivity index (χ1n) is 8.98. The van der Waals surface area contributed by atoms with Crippen LogP contribution in [0.15, 0.2) is 47.6 Å². The van der Waals surface area contributed by atoms with Gasteiger partial charge in [0.2, 0.25) is 5.91 Å². The van der Waals surface area contributed by atoms with E-state index in [1.165, 1.54) is 28.1 Å². The molecule has 1 fully saturated rings. The summed E-state index contributed by atoms with van der Waals surface area (Å²) in [5, 5.41) is 11.9. The minimum absolute atomic E-state index is 0.200. The summed E-state index contributed by atoms with van der Waals surface area (Å²) in [7, 11) is 1.98. The van der Waals surface area contributed by atoms with Crippen LogP contribution in [0.25, 0.3) is 10.8 Å². The summed E-state index contributed by atoms with van der Waals surface area (Å²) in [5.41, 5.74) is 1.24. The molecular formula is C20H22N4OS. The van der Waals surface area contributed by atoms with E-state index in [4.69, 9.17) is 0 Å². The summed E-state index contributed by atoms with van der Waals surface area (Å²) in [6, 6.07) is 14.7. The number of fused-ring (bicyclic) bond motifs is 1. The van der Waals surface area contributed by atoms with Crippen molar-refractivity contribution in [2.24, 2.45) is 7.05 Å². The molecule has 1 saturated heterocycles. The van der Waals surface area contributed by atoms with Gasteiger partial charge in [-0.2, -0.15) is 0 Å². The van der Waals surface area contributed by atoms with Crippen LogP contribution in [0.5, 0.6) is 0 Å². The maximum Gasteiger partial charge on any atom is 0.233 e. The standard InChI is InChI=1S/C20H22N4OS/c1-23-18(13-16-9-6-8-15-7-2-3-10-17(15)16)21-22-20(23)26-14-19(25)24-11-4-5-12-24/h2-3,6-10H,4-5,11-14H2,1H3. The fourth-order valence-electron chi connectivity index (χ4n) is 3.43. The first-order valence-corrected chi connectivity index (χ1v) is 9.96. The Hall–Kier alpha value is -2.34. The van der Waals surface area contributed by atoms with E-state index in [2.05, 4.69) is 52.7 Å². The summed E-state index contributed by atoms with van der Waals surface area (Å²) in [6.45, 7) is 1.79. The van der Waals surface area contributed by atoms with Crippen molar-refractivity contribution < 1.29 is 4.79 Å². The predicted octanol–water partition coefficient (Wildman–Crippen LogP) is 3.27. The van der Waals surface area contributed by atoms with Gasteiger partial charge in [-0.25, -0.2) is 0 Å². The number of thioether (sulfide) groups is 1. The molecule has 3 aromatic rings. The van der Waals surface area contributed by atoms with E-state index in [0.717, 1.165) is 43.3 Å². The molecule has 0 radical (unpaired) electrons. The number of amides is 1. The molecule has 26 heavy (non-hydrogen) atoms. The highest BCUT2D eigenvalue weighted by Crippen LogP contribution is 2.23. The van der Waals surface area contributed by atoms with Crippen LogP contribution in [0, 0.1) is 0 Å². The molecule has 0 N–H and O–H groups in total. The van der Waals surface area contributed by atoms with E-state index < -0.39 is 0 Å². The van der Waals surface area contributed by atoms with Crippen LogP contribution in [-0.2, 0) is 18.3 Å². The smallest absolute Gasteiger partial charge is 0.233 e. The van der Waals surface area contributed by atoms with Crippen molar-refractivity contribution in [1.82, 2.24) is 19.7 Å². The third kappa shape index (κ3) is 3.46. The lowest BCUT2D eigenvalue weighted by Gasteiger charge is -2.14. The molecule has 0 saturated carbocycles. The quantitative estimate of drug-likeness (QED) is 0.650. The highest BCUT2D eigenvalue weighted by Gasteiger charge is 2.19. The van der Waals surface area contributed by atoms with Crippen molar-refractivity contribution >= 4 is 28.4 Å². The Balaban J connectivity index is 1.47. The molecule has 134 valence electrons. The zero-order valence-electron chi connectivity index (χ0n) is 14.9. The molecule has 1 amide bonds. The van der Waals surface area contributed by atoms with Gasteiger partial charge in [-0.05, 0) is 29.2 Å². The Kier molecular flexibility index (Phi) is 4.93. The van der Waals surface area contributed by atoms with Crippen LogP contribution in [0.1, 0.15) is 24.2 Å². The van der Waals surface area contributed by atoms with Gasteiger partial charge in [-0.3, -0.25) is 4.79 Å². The average molecular weight is 366 g/mol. The second-order valence-electron chi connectivity index (χ2n) is 6.65. The molecule has 2 heterocycles. The van der Waals surface area contributed by atoms with Crippen LogP contribution in [0.2, 0.25) is 0 Å². The number of nitrogens with zero attached hydrogens (tertiary/aromatic N) is 4. The van der Waals surface area contributed by atoms with Gasteiger partial charge in [0.1, 0.15) is 5.82 Å². The first-order chi connectivity index (χ1) is 12.7. The van der Waals surface area contributed by atoms with Crippen LogP contribution >= 0.6 is 11.8 Å². The summed E-state index contributed by atoms with van der Waals surface area (Å²) in [6.07, 6.45) is 2.97. The van der Waals surface area contributed by atoms with Crippen LogP contribution < -0.4 is 0 Å². The lowest BCUT2D eigenvalue weighted by atomic mass is 10.0. The van der Waals surface area contributed by atoms with Gasteiger partial charge in [0.25, 0.3) is 0 Å². The number of likely N-dealkylation sites (tertiary alicyclic amines) is 1. The summed E-state index contributed by atoms with van der Waals surface area (Å²) in [4.78, 5) is 14.2. The second kappa shape index (κ2) is 7.50. The van der Waals surface area contributed by atoms with Crippen LogP contribution in [0.3, 0.4) is 0 Å². The second-order valence-corrected chi connectivity index (χ2v) is 7.59. The fourth-order valence-corrected chi connectivity index (χ4v) is 4.26. The molecule has 5 nitrogen and oxygen atoms in total. The van der Waals surface area contributed by atoms with Gasteiger partial charge in [-0.1, -0.05) is 54.2 Å². The SMILES string of the molecule is Cn1c(Cc2cccc3ccccc23)nnc1SCC(=O)N1CCCC1. The minimum atomic E-state index is 0.200. The predicted molar refractivity (Wildman–Crippen MR) is 104 cm³/mol. The Labute approximate surface area is 157 Å². The minimum Gasteiger partial charge on any atom is -0.342 e. The molecular weight excluding hydrogens is 344 g/mol. The molecule has 1 aliphatic rings. The van der Waals surface area contributed by atoms with Gasteiger partial charge in [0.15, 0.2) is 5.16 Å². The Morgan fingerprint density at radius 1 is 1.08 bits per heavy atom. The molecule has 0 spiro atoms.